The summed E-state index contributed by atoms with van der Waals surface area (Å²) in [7, 11) is 1.95. The lowest BCUT2D eigenvalue weighted by atomic mass is 10.1. The predicted octanol–water partition coefficient (Wildman–Crippen LogP) is 5.91. The highest BCUT2D eigenvalue weighted by atomic mass is 35.5. The molecule has 0 saturated carbocycles. The molecule has 4 rings (SSSR count). The molecule has 0 aliphatic rings. The Labute approximate surface area is 190 Å². The molecule has 1 N–H and O–H groups in total. The molecule has 162 valence electrons. The average molecular weight is 450 g/mol. The van der Waals surface area contributed by atoms with Gasteiger partial charge in [-0.1, -0.05) is 23.7 Å². The first-order valence-electron chi connectivity index (χ1n) is 9.98. The highest BCUT2D eigenvalue weighted by Gasteiger charge is 2.12. The summed E-state index contributed by atoms with van der Waals surface area (Å²) >= 11 is 5.71. The fraction of sp³-hybridized carbons (Fsp3) is 0.120. The molecule has 0 aliphatic heterocycles. The van der Waals surface area contributed by atoms with Crippen LogP contribution in [0.2, 0.25) is 5.02 Å². The van der Waals surface area contributed by atoms with E-state index in [0.717, 1.165) is 16.8 Å². The summed E-state index contributed by atoms with van der Waals surface area (Å²) in [4.78, 5) is 17.1. The largest absolute Gasteiger partial charge is 0.457 e. The molecule has 2 aromatic carbocycles. The van der Waals surface area contributed by atoms with Crippen LogP contribution in [0.25, 0.3) is 11.3 Å². The summed E-state index contributed by atoms with van der Waals surface area (Å²) in [6.45, 7) is 2.03. The van der Waals surface area contributed by atoms with Crippen LogP contribution in [0.4, 0.5) is 4.39 Å². The molecule has 0 fully saturated rings. The highest BCUT2D eigenvalue weighted by molar-refractivity contribution is 6.30. The number of carbonyl (C=O) groups excluding carboxylic acids is 1. The fourth-order valence-corrected chi connectivity index (χ4v) is 3.38. The molecule has 2 heterocycles. The minimum Gasteiger partial charge on any atom is -0.457 e. The molecule has 0 radical (unpaired) electrons. The van der Waals surface area contributed by atoms with Gasteiger partial charge in [0, 0.05) is 49.4 Å². The van der Waals surface area contributed by atoms with Crippen LogP contribution < -0.4 is 10.1 Å². The van der Waals surface area contributed by atoms with Crippen molar-refractivity contribution in [2.45, 2.75) is 13.5 Å². The van der Waals surface area contributed by atoms with Gasteiger partial charge in [0.15, 0.2) is 0 Å². The number of hydrogen-bond acceptors (Lipinski definition) is 3. The lowest BCUT2D eigenvalue weighted by molar-refractivity contribution is 0.0950. The summed E-state index contributed by atoms with van der Waals surface area (Å²) in [6, 6.07) is 15.4. The van der Waals surface area contributed by atoms with Crippen LogP contribution in [0, 0.1) is 12.7 Å². The normalized spacial score (nSPS) is 10.8. The van der Waals surface area contributed by atoms with E-state index in [-0.39, 0.29) is 17.5 Å². The summed E-state index contributed by atoms with van der Waals surface area (Å²) in [6.07, 6.45) is 5.62. The van der Waals surface area contributed by atoms with Crippen molar-refractivity contribution in [2.24, 2.45) is 7.05 Å². The smallest absolute Gasteiger partial charge is 0.251 e. The second kappa shape index (κ2) is 9.24. The third-order valence-electron chi connectivity index (χ3n) is 4.99. The van der Waals surface area contributed by atoms with Crippen LogP contribution in [0.1, 0.15) is 21.5 Å². The molecule has 0 bridgehead atoms. The number of benzene rings is 2. The minimum atomic E-state index is -0.516. The molecule has 0 saturated heterocycles. The minimum absolute atomic E-state index is 0.0484. The van der Waals surface area contributed by atoms with Crippen LogP contribution in [-0.4, -0.2) is 15.5 Å². The molecule has 32 heavy (non-hydrogen) atoms. The van der Waals surface area contributed by atoms with Gasteiger partial charge in [-0.3, -0.25) is 9.78 Å². The Hall–Kier alpha value is -3.64. The van der Waals surface area contributed by atoms with Gasteiger partial charge in [-0.05, 0) is 54.4 Å². The lowest BCUT2D eigenvalue weighted by Gasteiger charge is -2.12. The number of carbonyl (C=O) groups is 1. The van der Waals surface area contributed by atoms with Gasteiger partial charge in [0.2, 0.25) is 0 Å². The quantitative estimate of drug-likeness (QED) is 0.398. The van der Waals surface area contributed by atoms with Crippen molar-refractivity contribution in [1.82, 2.24) is 14.9 Å². The Morgan fingerprint density at radius 2 is 1.94 bits per heavy atom. The fourth-order valence-electron chi connectivity index (χ4n) is 3.26. The Morgan fingerprint density at radius 3 is 2.69 bits per heavy atom. The number of aromatic nitrogens is 2. The first-order chi connectivity index (χ1) is 15.4. The van der Waals surface area contributed by atoms with E-state index in [9.17, 15) is 9.18 Å². The van der Waals surface area contributed by atoms with E-state index in [2.05, 4.69) is 10.3 Å². The van der Waals surface area contributed by atoms with Crippen molar-refractivity contribution in [1.29, 1.82) is 0 Å². The number of rotatable bonds is 6. The number of halogens is 2. The molecule has 0 unspecified atom stereocenters. The molecule has 0 spiro atoms. The topological polar surface area (TPSA) is 56.2 Å². The van der Waals surface area contributed by atoms with Gasteiger partial charge >= 0.3 is 0 Å². The van der Waals surface area contributed by atoms with Crippen LogP contribution >= 0.6 is 11.6 Å². The second-order valence-corrected chi connectivity index (χ2v) is 7.86. The van der Waals surface area contributed by atoms with Gasteiger partial charge in [0.25, 0.3) is 5.91 Å². The Bertz CT molecular complexity index is 1290. The third-order valence-corrected chi connectivity index (χ3v) is 5.29. The number of pyridine rings is 1. The van der Waals surface area contributed by atoms with Crippen molar-refractivity contribution in [3.8, 4) is 22.8 Å². The number of nitrogens with one attached hydrogen (secondary N) is 1. The molecule has 0 aliphatic carbocycles. The maximum absolute atomic E-state index is 13.6. The number of hydrogen-bond donors (Lipinski definition) is 1. The summed E-state index contributed by atoms with van der Waals surface area (Å²) in [5.74, 6) is 0.356. The van der Waals surface area contributed by atoms with E-state index in [4.69, 9.17) is 16.3 Å². The maximum Gasteiger partial charge on any atom is 0.251 e. The zero-order chi connectivity index (χ0) is 22.7. The molecule has 7 heteroatoms. The summed E-state index contributed by atoms with van der Waals surface area (Å²) in [5.41, 5.74) is 3.69. The molecule has 0 atom stereocenters. The van der Waals surface area contributed by atoms with E-state index >= 15 is 0 Å². The van der Waals surface area contributed by atoms with Gasteiger partial charge in [-0.25, -0.2) is 4.39 Å². The standard InChI is InChI=1S/C25H21ClFN3O2/c1-16-3-5-19(32-20-7-9-28-24(13-20)18-8-10-30(2)15-18)12-21(16)25(31)29-14-17-4-6-22(26)23(27)11-17/h3-13,15H,14H2,1-2H3,(H,29,31). The monoisotopic (exact) mass is 449 g/mol. The molecule has 1 amide bonds. The van der Waals surface area contributed by atoms with Crippen molar-refractivity contribution >= 4 is 17.5 Å². The van der Waals surface area contributed by atoms with E-state index in [1.54, 1.807) is 24.4 Å². The van der Waals surface area contributed by atoms with Crippen molar-refractivity contribution in [3.05, 3.63) is 101 Å². The van der Waals surface area contributed by atoms with Crippen molar-refractivity contribution < 1.29 is 13.9 Å². The van der Waals surface area contributed by atoms with E-state index in [0.29, 0.717) is 22.6 Å². The number of ether oxygens (including phenoxy) is 1. The molecular weight excluding hydrogens is 429 g/mol. The van der Waals surface area contributed by atoms with Crippen LogP contribution in [0.5, 0.6) is 11.5 Å². The zero-order valence-electron chi connectivity index (χ0n) is 17.6. The molecule has 5 nitrogen and oxygen atoms in total. The van der Waals surface area contributed by atoms with Gasteiger partial charge in [-0.15, -0.1) is 0 Å². The summed E-state index contributed by atoms with van der Waals surface area (Å²) < 4.78 is 21.6. The maximum atomic E-state index is 13.6. The second-order valence-electron chi connectivity index (χ2n) is 7.45. The van der Waals surface area contributed by atoms with E-state index in [1.807, 2.05) is 55.2 Å². The number of aryl methyl sites for hydroxylation is 2. The number of nitrogens with zero attached hydrogens (tertiary/aromatic N) is 2. The van der Waals surface area contributed by atoms with Gasteiger partial charge < -0.3 is 14.6 Å². The highest BCUT2D eigenvalue weighted by Crippen LogP contribution is 2.27. The molecule has 2 aromatic heterocycles. The predicted molar refractivity (Wildman–Crippen MR) is 122 cm³/mol. The lowest BCUT2D eigenvalue weighted by Crippen LogP contribution is -2.23. The first kappa shape index (κ1) is 21.6. The van der Waals surface area contributed by atoms with Crippen LogP contribution in [0.3, 0.4) is 0 Å². The number of amides is 1. The van der Waals surface area contributed by atoms with E-state index in [1.165, 1.54) is 12.1 Å². The Kier molecular flexibility index (Phi) is 6.23. The third kappa shape index (κ3) is 4.98. The average Bonchev–Trinajstić information content (AvgIpc) is 3.22. The Morgan fingerprint density at radius 1 is 1.12 bits per heavy atom. The van der Waals surface area contributed by atoms with E-state index < -0.39 is 5.82 Å². The summed E-state index contributed by atoms with van der Waals surface area (Å²) in [5, 5.41) is 2.86. The molecular formula is C25H21ClFN3O2. The van der Waals surface area contributed by atoms with Gasteiger partial charge in [-0.2, -0.15) is 0 Å². The Balaban J connectivity index is 1.48. The van der Waals surface area contributed by atoms with Gasteiger partial charge in [0.05, 0.1) is 10.7 Å². The first-order valence-corrected chi connectivity index (χ1v) is 10.4. The van der Waals surface area contributed by atoms with Crippen molar-refractivity contribution in [3.63, 3.8) is 0 Å². The molecule has 4 aromatic rings. The van der Waals surface area contributed by atoms with Gasteiger partial charge in [0.1, 0.15) is 17.3 Å². The van der Waals surface area contributed by atoms with Crippen LogP contribution in [0.15, 0.2) is 73.2 Å². The zero-order valence-corrected chi connectivity index (χ0v) is 18.4. The van der Waals surface area contributed by atoms with Crippen LogP contribution in [-0.2, 0) is 13.6 Å². The SMILES string of the molecule is Cc1ccc(Oc2ccnc(-c3ccn(C)c3)c2)cc1C(=O)NCc1ccc(Cl)c(F)c1. The van der Waals surface area contributed by atoms with Crippen molar-refractivity contribution in [2.75, 3.05) is 0 Å².